The van der Waals surface area contributed by atoms with Gasteiger partial charge in [-0.3, -0.25) is 9.59 Å². The Hall–Kier alpha value is -4.00. The highest BCUT2D eigenvalue weighted by Crippen LogP contribution is 2.35. The molecule has 4 rings (SSSR count). The number of ether oxygens (including phenoxy) is 3. The Kier molecular flexibility index (Phi) is 5.75. The number of hydrogen-bond acceptors (Lipinski definition) is 5. The summed E-state index contributed by atoms with van der Waals surface area (Å²) in [4.78, 5) is 27.1. The first-order chi connectivity index (χ1) is 15.0. The van der Waals surface area contributed by atoms with Crippen molar-refractivity contribution in [3.63, 3.8) is 0 Å². The van der Waals surface area contributed by atoms with Crippen LogP contribution in [0, 0.1) is 0 Å². The number of nitrogens with zero attached hydrogens (tertiary/aromatic N) is 1. The molecule has 0 radical (unpaired) electrons. The monoisotopic (exact) mass is 418 g/mol. The van der Waals surface area contributed by atoms with E-state index in [0.29, 0.717) is 34.9 Å². The lowest BCUT2D eigenvalue weighted by atomic mass is 10.1. The van der Waals surface area contributed by atoms with E-state index in [9.17, 15) is 9.59 Å². The molecule has 31 heavy (non-hydrogen) atoms. The van der Waals surface area contributed by atoms with E-state index in [1.54, 1.807) is 56.6 Å². The van der Waals surface area contributed by atoms with Crippen LogP contribution in [0.1, 0.15) is 26.3 Å². The molecule has 3 aromatic rings. The Balaban J connectivity index is 1.44. The number of carbonyl (C=O) groups excluding carboxylic acids is 2. The molecule has 158 valence electrons. The second kappa shape index (κ2) is 8.79. The van der Waals surface area contributed by atoms with Crippen LogP contribution in [0.25, 0.3) is 0 Å². The number of methoxy groups -OCH3 is 1. The van der Waals surface area contributed by atoms with Crippen LogP contribution in [0.4, 0.5) is 5.69 Å². The largest absolute Gasteiger partial charge is 0.497 e. The summed E-state index contributed by atoms with van der Waals surface area (Å²) in [7, 11) is 3.28. The maximum absolute atomic E-state index is 13.0. The Labute approximate surface area is 180 Å². The van der Waals surface area contributed by atoms with E-state index in [1.807, 2.05) is 24.3 Å². The summed E-state index contributed by atoms with van der Waals surface area (Å²) in [6, 6.07) is 19.4. The van der Waals surface area contributed by atoms with E-state index in [4.69, 9.17) is 14.2 Å². The van der Waals surface area contributed by atoms with E-state index in [0.717, 1.165) is 11.3 Å². The number of amides is 2. The van der Waals surface area contributed by atoms with E-state index in [1.165, 1.54) is 4.90 Å². The zero-order valence-electron chi connectivity index (χ0n) is 17.3. The summed E-state index contributed by atoms with van der Waals surface area (Å²) < 4.78 is 15.8. The maximum Gasteiger partial charge on any atom is 0.258 e. The molecule has 7 nitrogen and oxygen atoms in total. The Morgan fingerprint density at radius 1 is 0.968 bits per heavy atom. The van der Waals surface area contributed by atoms with Crippen molar-refractivity contribution in [2.45, 2.75) is 6.54 Å². The average molecular weight is 418 g/mol. The van der Waals surface area contributed by atoms with Gasteiger partial charge in [0.15, 0.2) is 11.5 Å². The molecule has 0 atom stereocenters. The second-order valence-electron chi connectivity index (χ2n) is 7.01. The highest BCUT2D eigenvalue weighted by molar-refractivity contribution is 6.07. The van der Waals surface area contributed by atoms with Crippen molar-refractivity contribution in [3.8, 4) is 17.2 Å². The Morgan fingerprint density at radius 3 is 2.48 bits per heavy atom. The predicted molar refractivity (Wildman–Crippen MR) is 116 cm³/mol. The molecule has 0 aromatic heterocycles. The molecule has 3 aromatic carbocycles. The number of fused-ring (bicyclic) bond motifs is 1. The summed E-state index contributed by atoms with van der Waals surface area (Å²) in [6.45, 7) is 0.544. The first kappa shape index (κ1) is 20.3. The third-order valence-corrected chi connectivity index (χ3v) is 5.03. The smallest absolute Gasteiger partial charge is 0.258 e. The van der Waals surface area contributed by atoms with Crippen molar-refractivity contribution >= 4 is 17.5 Å². The minimum atomic E-state index is -0.254. The Bertz CT molecular complexity index is 1110. The molecule has 0 fully saturated rings. The third kappa shape index (κ3) is 4.45. The van der Waals surface area contributed by atoms with Gasteiger partial charge >= 0.3 is 0 Å². The molecule has 1 aliphatic rings. The van der Waals surface area contributed by atoms with E-state index >= 15 is 0 Å². The lowest BCUT2D eigenvalue weighted by Gasteiger charge is -2.18. The fraction of sp³-hybridized carbons (Fsp3) is 0.167. The van der Waals surface area contributed by atoms with Crippen LogP contribution in [0.5, 0.6) is 17.2 Å². The minimum absolute atomic E-state index is 0.171. The van der Waals surface area contributed by atoms with Crippen LogP contribution in [-0.2, 0) is 6.54 Å². The third-order valence-electron chi connectivity index (χ3n) is 5.03. The van der Waals surface area contributed by atoms with Crippen LogP contribution in [0.3, 0.4) is 0 Å². The van der Waals surface area contributed by atoms with Gasteiger partial charge in [-0.15, -0.1) is 0 Å². The molecule has 1 N–H and O–H groups in total. The normalized spacial score (nSPS) is 11.7. The van der Waals surface area contributed by atoms with Gasteiger partial charge in [0.25, 0.3) is 11.8 Å². The van der Waals surface area contributed by atoms with Gasteiger partial charge < -0.3 is 24.4 Å². The van der Waals surface area contributed by atoms with E-state index < -0.39 is 0 Å². The van der Waals surface area contributed by atoms with Crippen molar-refractivity contribution < 1.29 is 23.8 Å². The summed E-state index contributed by atoms with van der Waals surface area (Å²) in [5.74, 6) is 1.52. The van der Waals surface area contributed by atoms with Gasteiger partial charge in [-0.05, 0) is 48.0 Å². The molecule has 0 bridgehead atoms. The molecule has 0 saturated carbocycles. The first-order valence-corrected chi connectivity index (χ1v) is 9.74. The molecule has 0 spiro atoms. The first-order valence-electron chi connectivity index (χ1n) is 9.74. The summed E-state index contributed by atoms with van der Waals surface area (Å²) in [6.07, 6.45) is 0. The maximum atomic E-state index is 13.0. The topological polar surface area (TPSA) is 77.1 Å². The van der Waals surface area contributed by atoms with Crippen LogP contribution < -0.4 is 24.4 Å². The molecular weight excluding hydrogens is 396 g/mol. The number of nitrogens with one attached hydrogen (secondary N) is 1. The van der Waals surface area contributed by atoms with Crippen molar-refractivity contribution in [2.75, 3.05) is 25.9 Å². The van der Waals surface area contributed by atoms with Crippen LogP contribution in [0.2, 0.25) is 0 Å². The van der Waals surface area contributed by atoms with Gasteiger partial charge in [0.05, 0.1) is 7.11 Å². The van der Waals surface area contributed by atoms with Gasteiger partial charge in [-0.1, -0.05) is 18.2 Å². The van der Waals surface area contributed by atoms with Crippen LogP contribution in [-0.4, -0.2) is 32.8 Å². The quantitative estimate of drug-likeness (QED) is 0.662. The van der Waals surface area contributed by atoms with Gasteiger partial charge in [-0.2, -0.15) is 0 Å². The average Bonchev–Trinajstić information content (AvgIpc) is 3.30. The van der Waals surface area contributed by atoms with Gasteiger partial charge in [-0.25, -0.2) is 0 Å². The van der Waals surface area contributed by atoms with E-state index in [-0.39, 0.29) is 18.6 Å². The molecule has 0 aliphatic carbocycles. The predicted octanol–water partition coefficient (Wildman–Crippen LogP) is 3.63. The summed E-state index contributed by atoms with van der Waals surface area (Å²) in [5.41, 5.74) is 2.45. The van der Waals surface area contributed by atoms with E-state index in [2.05, 4.69) is 5.32 Å². The zero-order valence-corrected chi connectivity index (χ0v) is 17.3. The number of rotatable bonds is 6. The highest BCUT2D eigenvalue weighted by atomic mass is 16.7. The number of carbonyl (C=O) groups is 2. The standard InChI is InChI=1S/C24H22N2O5/c1-26(19-8-11-21-22(13-19)31-15-30-21)24(28)18-5-3-4-17(12-18)23(27)25-14-16-6-9-20(29-2)10-7-16/h3-13H,14-15H2,1-2H3,(H,25,27). The number of hydrogen-bond donors (Lipinski definition) is 1. The van der Waals surface area contributed by atoms with Crippen LogP contribution >= 0.6 is 0 Å². The van der Waals surface area contributed by atoms with Crippen LogP contribution in [0.15, 0.2) is 66.7 Å². The number of anilines is 1. The molecule has 1 heterocycles. The SMILES string of the molecule is COc1ccc(CNC(=O)c2cccc(C(=O)N(C)c3ccc4c(c3)OCO4)c2)cc1. The zero-order chi connectivity index (χ0) is 21.8. The van der Waals surface area contributed by atoms with Gasteiger partial charge in [0, 0.05) is 36.5 Å². The fourth-order valence-electron chi connectivity index (χ4n) is 3.23. The molecule has 2 amide bonds. The fourth-order valence-corrected chi connectivity index (χ4v) is 3.23. The highest BCUT2D eigenvalue weighted by Gasteiger charge is 2.19. The molecule has 0 saturated heterocycles. The lowest BCUT2D eigenvalue weighted by molar-refractivity contribution is 0.0951. The van der Waals surface area contributed by atoms with Crippen molar-refractivity contribution in [1.29, 1.82) is 0 Å². The molecular formula is C24H22N2O5. The molecule has 0 unspecified atom stereocenters. The van der Waals surface area contributed by atoms with Crippen molar-refractivity contribution in [3.05, 3.63) is 83.4 Å². The van der Waals surface area contributed by atoms with Gasteiger partial charge in [0.1, 0.15) is 5.75 Å². The Morgan fingerprint density at radius 2 is 1.71 bits per heavy atom. The van der Waals surface area contributed by atoms with Gasteiger partial charge in [0.2, 0.25) is 6.79 Å². The summed E-state index contributed by atoms with van der Waals surface area (Å²) >= 11 is 0. The molecule has 7 heteroatoms. The number of benzene rings is 3. The summed E-state index contributed by atoms with van der Waals surface area (Å²) in [5, 5.41) is 2.87. The van der Waals surface area contributed by atoms with Crippen molar-refractivity contribution in [1.82, 2.24) is 5.32 Å². The van der Waals surface area contributed by atoms with Crippen molar-refractivity contribution in [2.24, 2.45) is 0 Å². The lowest BCUT2D eigenvalue weighted by Crippen LogP contribution is -2.27. The minimum Gasteiger partial charge on any atom is -0.497 e. The molecule has 1 aliphatic heterocycles. The second-order valence-corrected chi connectivity index (χ2v) is 7.01.